The molecule has 0 spiro atoms. The van der Waals surface area contributed by atoms with Crippen molar-refractivity contribution in [3.63, 3.8) is 0 Å². The molecule has 0 radical (unpaired) electrons. The molecule has 2 heterocycles. The summed E-state index contributed by atoms with van der Waals surface area (Å²) in [4.78, 5) is 34.9. The minimum absolute atomic E-state index is 0.0396. The second kappa shape index (κ2) is 7.50. The van der Waals surface area contributed by atoms with Gasteiger partial charge in [0, 0.05) is 16.0 Å². The molecule has 0 aliphatic heterocycles. The molecule has 7 heteroatoms. The van der Waals surface area contributed by atoms with Crippen molar-refractivity contribution in [3.8, 4) is 0 Å². The summed E-state index contributed by atoms with van der Waals surface area (Å²) in [5, 5.41) is 6.26. The normalized spacial score (nSPS) is 14.5. The van der Waals surface area contributed by atoms with Gasteiger partial charge in [0.2, 0.25) is 5.91 Å². The summed E-state index contributed by atoms with van der Waals surface area (Å²) in [5.74, 6) is 1.42. The van der Waals surface area contributed by atoms with Crippen molar-refractivity contribution in [1.29, 1.82) is 0 Å². The van der Waals surface area contributed by atoms with Crippen LogP contribution in [0.3, 0.4) is 0 Å². The summed E-state index contributed by atoms with van der Waals surface area (Å²) in [6.45, 7) is 0. The number of benzene rings is 2. The standard InChI is InChI=1S/C24H21N3O2S2/c28-20(25-17-10-9-14-8-7-13-3-1-4-15(17)21(13)14)12-30-11-19-26-23(29)22-16-5-2-6-18(16)31-24(22)27-19/h1,3-4,9-10H,2,5-8,11-12H2,(H,25,28)(H,26,27,29). The molecule has 156 valence electrons. The fourth-order valence-electron chi connectivity index (χ4n) is 4.90. The number of aromatic nitrogens is 2. The molecule has 4 aromatic rings. The molecular weight excluding hydrogens is 426 g/mol. The molecular formula is C24H21N3O2S2. The van der Waals surface area contributed by atoms with Crippen molar-refractivity contribution >= 4 is 55.7 Å². The molecule has 5 nitrogen and oxygen atoms in total. The number of H-pyrrole nitrogens is 1. The minimum atomic E-state index is -0.0441. The van der Waals surface area contributed by atoms with E-state index < -0.39 is 0 Å². The van der Waals surface area contributed by atoms with Crippen LogP contribution in [0.5, 0.6) is 0 Å². The van der Waals surface area contributed by atoms with Crippen LogP contribution in [0.15, 0.2) is 35.1 Å². The monoisotopic (exact) mass is 447 g/mol. The molecule has 0 saturated heterocycles. The largest absolute Gasteiger partial charge is 0.325 e. The van der Waals surface area contributed by atoms with Gasteiger partial charge < -0.3 is 10.3 Å². The van der Waals surface area contributed by atoms with Gasteiger partial charge in [0.15, 0.2) is 0 Å². The summed E-state index contributed by atoms with van der Waals surface area (Å²) in [6, 6.07) is 10.5. The van der Waals surface area contributed by atoms with Gasteiger partial charge >= 0.3 is 0 Å². The summed E-state index contributed by atoms with van der Waals surface area (Å²) in [6.07, 6.45) is 5.30. The molecule has 2 aromatic heterocycles. The quantitative estimate of drug-likeness (QED) is 0.469. The molecule has 0 bridgehead atoms. The first-order valence-corrected chi connectivity index (χ1v) is 12.6. The summed E-state index contributed by atoms with van der Waals surface area (Å²) in [5.41, 5.74) is 4.75. The van der Waals surface area contributed by atoms with Crippen molar-refractivity contribution in [2.45, 2.75) is 37.9 Å². The number of fused-ring (bicyclic) bond motifs is 3. The van der Waals surface area contributed by atoms with Crippen LogP contribution in [-0.2, 0) is 36.2 Å². The minimum Gasteiger partial charge on any atom is -0.325 e. The first-order chi connectivity index (χ1) is 15.2. The summed E-state index contributed by atoms with van der Waals surface area (Å²) < 4.78 is 0. The number of hydrogen-bond acceptors (Lipinski definition) is 5. The fourth-order valence-corrected chi connectivity index (χ4v) is 6.87. The van der Waals surface area contributed by atoms with Crippen LogP contribution in [-0.4, -0.2) is 21.6 Å². The van der Waals surface area contributed by atoms with Gasteiger partial charge in [-0.05, 0) is 60.2 Å². The number of thiophene rings is 1. The lowest BCUT2D eigenvalue weighted by Gasteiger charge is -2.10. The maximum absolute atomic E-state index is 12.6. The second-order valence-corrected chi connectivity index (χ2v) is 10.3. The number of amides is 1. The van der Waals surface area contributed by atoms with Crippen molar-refractivity contribution in [2.75, 3.05) is 11.1 Å². The van der Waals surface area contributed by atoms with Gasteiger partial charge in [-0.3, -0.25) is 9.59 Å². The molecule has 0 fully saturated rings. The van der Waals surface area contributed by atoms with Crippen LogP contribution in [0.4, 0.5) is 5.69 Å². The van der Waals surface area contributed by atoms with Crippen LogP contribution >= 0.6 is 23.1 Å². The van der Waals surface area contributed by atoms with Gasteiger partial charge in [-0.15, -0.1) is 23.1 Å². The Kier molecular flexibility index (Phi) is 4.61. The van der Waals surface area contributed by atoms with Crippen molar-refractivity contribution in [3.05, 3.63) is 68.1 Å². The van der Waals surface area contributed by atoms with Crippen molar-refractivity contribution in [1.82, 2.24) is 9.97 Å². The first-order valence-electron chi connectivity index (χ1n) is 10.6. The van der Waals surface area contributed by atoms with Gasteiger partial charge in [-0.1, -0.05) is 24.3 Å². The van der Waals surface area contributed by atoms with Gasteiger partial charge in [0.25, 0.3) is 5.56 Å². The molecule has 0 unspecified atom stereocenters. The first kappa shape index (κ1) is 19.1. The Balaban J connectivity index is 1.14. The number of nitrogens with one attached hydrogen (secondary N) is 2. The van der Waals surface area contributed by atoms with Gasteiger partial charge in [0.05, 0.1) is 16.9 Å². The smallest absolute Gasteiger partial charge is 0.259 e. The van der Waals surface area contributed by atoms with E-state index in [2.05, 4.69) is 39.6 Å². The third kappa shape index (κ3) is 3.27. The zero-order chi connectivity index (χ0) is 20.9. The SMILES string of the molecule is O=C(CSCc1nc2sc3c(c2c(=O)[nH]1)CCC3)Nc1ccc2c3c(cccc13)CC2. The third-order valence-electron chi connectivity index (χ3n) is 6.25. The van der Waals surface area contributed by atoms with E-state index in [0.717, 1.165) is 53.4 Å². The molecule has 2 aromatic carbocycles. The van der Waals surface area contributed by atoms with Crippen LogP contribution in [0.1, 0.15) is 33.8 Å². The molecule has 2 aliphatic carbocycles. The number of aromatic amines is 1. The van der Waals surface area contributed by atoms with E-state index in [4.69, 9.17) is 0 Å². The second-order valence-electron chi connectivity index (χ2n) is 8.20. The van der Waals surface area contributed by atoms with E-state index in [-0.39, 0.29) is 11.5 Å². The zero-order valence-corrected chi connectivity index (χ0v) is 18.5. The summed E-state index contributed by atoms with van der Waals surface area (Å²) in [7, 11) is 0. The van der Waals surface area contributed by atoms with E-state index in [1.165, 1.54) is 38.7 Å². The highest BCUT2D eigenvalue weighted by atomic mass is 32.2. The number of thioether (sulfide) groups is 1. The number of carbonyl (C=O) groups is 1. The Labute approximate surface area is 187 Å². The number of aryl methyl sites for hydroxylation is 4. The summed E-state index contributed by atoms with van der Waals surface area (Å²) >= 11 is 3.11. The number of rotatable bonds is 5. The van der Waals surface area contributed by atoms with E-state index in [1.807, 2.05) is 6.07 Å². The molecule has 2 N–H and O–H groups in total. The zero-order valence-electron chi connectivity index (χ0n) is 16.9. The molecule has 0 atom stereocenters. The van der Waals surface area contributed by atoms with E-state index >= 15 is 0 Å². The van der Waals surface area contributed by atoms with Crippen molar-refractivity contribution in [2.24, 2.45) is 0 Å². The van der Waals surface area contributed by atoms with Crippen LogP contribution in [0, 0.1) is 0 Å². The Morgan fingerprint density at radius 1 is 1.10 bits per heavy atom. The molecule has 31 heavy (non-hydrogen) atoms. The maximum Gasteiger partial charge on any atom is 0.259 e. The van der Waals surface area contributed by atoms with Crippen LogP contribution in [0.2, 0.25) is 0 Å². The average Bonchev–Trinajstić information content (AvgIpc) is 3.45. The Morgan fingerprint density at radius 3 is 2.87 bits per heavy atom. The molecule has 6 rings (SSSR count). The van der Waals surface area contributed by atoms with E-state index in [0.29, 0.717) is 17.3 Å². The number of nitrogens with zero attached hydrogens (tertiary/aromatic N) is 1. The van der Waals surface area contributed by atoms with Crippen LogP contribution < -0.4 is 10.9 Å². The third-order valence-corrected chi connectivity index (χ3v) is 8.38. The fraction of sp³-hybridized carbons (Fsp3) is 0.292. The highest BCUT2D eigenvalue weighted by Crippen LogP contribution is 2.36. The van der Waals surface area contributed by atoms with Gasteiger partial charge in [-0.25, -0.2) is 4.98 Å². The Bertz CT molecular complexity index is 1410. The topological polar surface area (TPSA) is 74.8 Å². The average molecular weight is 448 g/mol. The van der Waals surface area contributed by atoms with Crippen molar-refractivity contribution < 1.29 is 4.79 Å². The highest BCUT2D eigenvalue weighted by Gasteiger charge is 2.21. The molecule has 0 saturated carbocycles. The number of hydrogen-bond donors (Lipinski definition) is 2. The lowest BCUT2D eigenvalue weighted by atomic mass is 10.0. The number of anilines is 1. The highest BCUT2D eigenvalue weighted by molar-refractivity contribution is 7.99. The molecule has 1 amide bonds. The predicted molar refractivity (Wildman–Crippen MR) is 128 cm³/mol. The lowest BCUT2D eigenvalue weighted by molar-refractivity contribution is -0.113. The Morgan fingerprint density at radius 2 is 1.97 bits per heavy atom. The molecule has 2 aliphatic rings. The Hall–Kier alpha value is -2.64. The maximum atomic E-state index is 12.6. The van der Waals surface area contributed by atoms with Crippen LogP contribution in [0.25, 0.3) is 21.0 Å². The van der Waals surface area contributed by atoms with Gasteiger partial charge in [0.1, 0.15) is 10.7 Å². The predicted octanol–water partition coefficient (Wildman–Crippen LogP) is 4.60. The van der Waals surface area contributed by atoms with E-state index in [9.17, 15) is 9.59 Å². The lowest BCUT2D eigenvalue weighted by Crippen LogP contribution is -2.15. The van der Waals surface area contributed by atoms with E-state index in [1.54, 1.807) is 11.3 Å². The number of carbonyl (C=O) groups excluding carboxylic acids is 1. The van der Waals surface area contributed by atoms with Gasteiger partial charge in [-0.2, -0.15) is 0 Å².